The van der Waals surface area contributed by atoms with Gasteiger partial charge in [0.05, 0.1) is 5.75 Å². The molecular formula is C16H16N2O2S. The Hall–Kier alpha value is -2.27. The molecule has 0 fully saturated rings. The molecule has 0 saturated heterocycles. The smallest absolute Gasteiger partial charge is 0.255 e. The molecule has 0 aliphatic carbocycles. The van der Waals surface area contributed by atoms with Gasteiger partial charge >= 0.3 is 0 Å². The normalized spacial score (nSPS) is 10.1. The highest BCUT2D eigenvalue weighted by atomic mass is 32.2. The van der Waals surface area contributed by atoms with Gasteiger partial charge in [-0.3, -0.25) is 9.59 Å². The Kier molecular flexibility index (Phi) is 5.00. The topological polar surface area (TPSA) is 72.2 Å². The molecule has 21 heavy (non-hydrogen) atoms. The predicted molar refractivity (Wildman–Crippen MR) is 85.5 cm³/mol. The Bertz CT molecular complexity index is 636. The van der Waals surface area contributed by atoms with Gasteiger partial charge in [0.2, 0.25) is 5.91 Å². The number of thioether (sulfide) groups is 1. The fourth-order valence-electron chi connectivity index (χ4n) is 1.70. The van der Waals surface area contributed by atoms with E-state index in [1.165, 1.54) is 11.8 Å². The van der Waals surface area contributed by atoms with Gasteiger partial charge < -0.3 is 11.1 Å². The van der Waals surface area contributed by atoms with Gasteiger partial charge in [-0.15, -0.1) is 11.8 Å². The van der Waals surface area contributed by atoms with Crippen LogP contribution in [0.4, 0.5) is 5.69 Å². The lowest BCUT2D eigenvalue weighted by atomic mass is 10.1. The third-order valence-electron chi connectivity index (χ3n) is 2.81. The van der Waals surface area contributed by atoms with E-state index in [1.807, 2.05) is 31.2 Å². The highest BCUT2D eigenvalue weighted by Crippen LogP contribution is 2.20. The molecule has 2 aromatic carbocycles. The predicted octanol–water partition coefficient (Wildman–Crippen LogP) is 2.82. The Labute approximate surface area is 127 Å². The molecular weight excluding hydrogens is 284 g/mol. The summed E-state index contributed by atoms with van der Waals surface area (Å²) in [6.07, 6.45) is 0. The molecule has 0 heterocycles. The van der Waals surface area contributed by atoms with Gasteiger partial charge in [-0.05, 0) is 43.3 Å². The minimum absolute atomic E-state index is 0.146. The summed E-state index contributed by atoms with van der Waals surface area (Å²) in [5.74, 6) is -0.251. The summed E-state index contributed by atoms with van der Waals surface area (Å²) < 4.78 is 0. The zero-order chi connectivity index (χ0) is 15.2. The van der Waals surface area contributed by atoms with Gasteiger partial charge in [-0.25, -0.2) is 0 Å². The van der Waals surface area contributed by atoms with Crippen molar-refractivity contribution in [2.75, 3.05) is 11.1 Å². The van der Waals surface area contributed by atoms with Crippen LogP contribution < -0.4 is 11.1 Å². The maximum atomic E-state index is 12.0. The summed E-state index contributed by atoms with van der Waals surface area (Å²) in [5.41, 5.74) is 7.54. The van der Waals surface area contributed by atoms with Gasteiger partial charge in [0, 0.05) is 16.1 Å². The number of anilines is 1. The van der Waals surface area contributed by atoms with Crippen LogP contribution in [0.5, 0.6) is 0 Å². The van der Waals surface area contributed by atoms with E-state index in [0.717, 1.165) is 10.5 Å². The second-order valence-corrected chi connectivity index (χ2v) is 5.65. The van der Waals surface area contributed by atoms with Crippen LogP contribution >= 0.6 is 11.8 Å². The number of nitrogens with one attached hydrogen (secondary N) is 1. The van der Waals surface area contributed by atoms with E-state index >= 15 is 0 Å². The fraction of sp³-hybridized carbons (Fsp3) is 0.125. The lowest BCUT2D eigenvalue weighted by molar-refractivity contribution is -0.115. The first-order chi connectivity index (χ1) is 10.0. The highest BCUT2D eigenvalue weighted by Gasteiger charge is 2.05. The second-order valence-electron chi connectivity index (χ2n) is 4.60. The van der Waals surface area contributed by atoms with Crippen molar-refractivity contribution in [3.8, 4) is 0 Å². The van der Waals surface area contributed by atoms with Crippen LogP contribution in [0.3, 0.4) is 0 Å². The van der Waals surface area contributed by atoms with Crippen LogP contribution in [0, 0.1) is 6.92 Å². The van der Waals surface area contributed by atoms with Gasteiger partial charge in [0.25, 0.3) is 5.91 Å². The first-order valence-corrected chi connectivity index (χ1v) is 7.42. The fourth-order valence-corrected chi connectivity index (χ4v) is 2.33. The Morgan fingerprint density at radius 2 is 1.67 bits per heavy atom. The molecule has 0 unspecified atom stereocenters. The summed E-state index contributed by atoms with van der Waals surface area (Å²) in [6.45, 7) is 1.98. The molecule has 2 amide bonds. The van der Waals surface area contributed by atoms with Crippen molar-refractivity contribution in [2.45, 2.75) is 11.8 Å². The van der Waals surface area contributed by atoms with E-state index in [2.05, 4.69) is 5.32 Å². The van der Waals surface area contributed by atoms with Crippen molar-refractivity contribution >= 4 is 29.3 Å². The van der Waals surface area contributed by atoms with Crippen LogP contribution in [0.25, 0.3) is 0 Å². The van der Waals surface area contributed by atoms with Crippen molar-refractivity contribution < 1.29 is 9.59 Å². The summed E-state index contributed by atoms with van der Waals surface area (Å²) >= 11 is 1.37. The largest absolute Gasteiger partial charge is 0.369 e. The SMILES string of the molecule is Cc1ccc(C(=O)Nc2ccc(SCC(N)=O)cc2)cc1. The molecule has 0 aliphatic heterocycles. The maximum Gasteiger partial charge on any atom is 0.255 e. The van der Waals surface area contributed by atoms with E-state index in [0.29, 0.717) is 11.3 Å². The molecule has 0 bridgehead atoms. The molecule has 0 radical (unpaired) electrons. The number of carbonyl (C=O) groups excluding carboxylic acids is 2. The third-order valence-corrected chi connectivity index (χ3v) is 3.84. The number of benzene rings is 2. The molecule has 0 saturated carbocycles. The average molecular weight is 300 g/mol. The van der Waals surface area contributed by atoms with Gasteiger partial charge in [0.15, 0.2) is 0 Å². The molecule has 0 spiro atoms. The molecule has 0 atom stereocenters. The zero-order valence-electron chi connectivity index (χ0n) is 11.6. The molecule has 2 aromatic rings. The molecule has 5 heteroatoms. The molecule has 2 rings (SSSR count). The lowest BCUT2D eigenvalue weighted by Crippen LogP contribution is -2.13. The second kappa shape index (κ2) is 6.95. The van der Waals surface area contributed by atoms with Crippen molar-refractivity contribution in [3.05, 3.63) is 59.7 Å². The molecule has 0 aliphatic rings. The number of nitrogens with two attached hydrogens (primary N) is 1. The zero-order valence-corrected chi connectivity index (χ0v) is 12.4. The maximum absolute atomic E-state index is 12.0. The first kappa shape index (κ1) is 15.1. The van der Waals surface area contributed by atoms with E-state index < -0.39 is 0 Å². The number of primary amides is 1. The average Bonchev–Trinajstić information content (AvgIpc) is 2.47. The number of aryl methyl sites for hydroxylation is 1. The minimum atomic E-state index is -0.350. The van der Waals surface area contributed by atoms with E-state index in [4.69, 9.17) is 5.73 Å². The van der Waals surface area contributed by atoms with Crippen LogP contribution in [-0.2, 0) is 4.79 Å². The first-order valence-electron chi connectivity index (χ1n) is 6.44. The Morgan fingerprint density at radius 1 is 1.05 bits per heavy atom. The lowest BCUT2D eigenvalue weighted by Gasteiger charge is -2.06. The molecule has 3 N–H and O–H groups in total. The van der Waals surface area contributed by atoms with Gasteiger partial charge in [-0.1, -0.05) is 17.7 Å². The molecule has 4 nitrogen and oxygen atoms in total. The minimum Gasteiger partial charge on any atom is -0.369 e. The highest BCUT2D eigenvalue weighted by molar-refractivity contribution is 8.00. The van der Waals surface area contributed by atoms with E-state index in [-0.39, 0.29) is 17.6 Å². The number of rotatable bonds is 5. The Morgan fingerprint density at radius 3 is 2.24 bits per heavy atom. The monoisotopic (exact) mass is 300 g/mol. The standard InChI is InChI=1S/C16H16N2O2S/c1-11-2-4-12(5-3-11)16(20)18-13-6-8-14(9-7-13)21-10-15(17)19/h2-9H,10H2,1H3,(H2,17,19)(H,18,20). The van der Waals surface area contributed by atoms with Crippen LogP contribution in [0.15, 0.2) is 53.4 Å². The summed E-state index contributed by atoms with van der Waals surface area (Å²) in [4.78, 5) is 23.7. The third kappa shape index (κ3) is 4.65. The van der Waals surface area contributed by atoms with Crippen LogP contribution in [0.1, 0.15) is 15.9 Å². The van der Waals surface area contributed by atoms with Crippen molar-refractivity contribution in [2.24, 2.45) is 5.73 Å². The summed E-state index contributed by atoms with van der Waals surface area (Å²) in [7, 11) is 0. The number of carbonyl (C=O) groups is 2. The summed E-state index contributed by atoms with van der Waals surface area (Å²) in [6, 6.07) is 14.7. The van der Waals surface area contributed by atoms with Crippen LogP contribution in [0.2, 0.25) is 0 Å². The van der Waals surface area contributed by atoms with Crippen molar-refractivity contribution in [1.82, 2.24) is 0 Å². The quantitative estimate of drug-likeness (QED) is 0.834. The van der Waals surface area contributed by atoms with Crippen molar-refractivity contribution in [1.29, 1.82) is 0 Å². The summed E-state index contributed by atoms with van der Waals surface area (Å²) in [5, 5.41) is 2.83. The van der Waals surface area contributed by atoms with Gasteiger partial charge in [-0.2, -0.15) is 0 Å². The van der Waals surface area contributed by atoms with Gasteiger partial charge in [0.1, 0.15) is 0 Å². The number of amides is 2. The number of hydrogen-bond acceptors (Lipinski definition) is 3. The van der Waals surface area contributed by atoms with E-state index in [1.54, 1.807) is 24.3 Å². The Balaban J connectivity index is 1.98. The van der Waals surface area contributed by atoms with Crippen LogP contribution in [-0.4, -0.2) is 17.6 Å². The van der Waals surface area contributed by atoms with E-state index in [9.17, 15) is 9.59 Å². The molecule has 0 aromatic heterocycles. The number of hydrogen-bond donors (Lipinski definition) is 2. The molecule has 108 valence electrons. The van der Waals surface area contributed by atoms with Crippen molar-refractivity contribution in [3.63, 3.8) is 0 Å².